The Labute approximate surface area is 163 Å². The van der Waals surface area contributed by atoms with Gasteiger partial charge in [0.1, 0.15) is 18.0 Å². The molecule has 7 nitrogen and oxygen atoms in total. The van der Waals surface area contributed by atoms with Crippen LogP contribution in [0.4, 0.5) is 16.0 Å². The Morgan fingerprint density at radius 1 is 1.14 bits per heavy atom. The molecule has 0 bridgehead atoms. The molecule has 1 fully saturated rings. The SMILES string of the molecule is Nc1nn2cccnc2c1-c1cc(N2CCCC2c2ccc(F)cc2)ncn1.[HH].[HH]. The largest absolute Gasteiger partial charge is 0.382 e. The van der Waals surface area contributed by atoms with Crippen LogP contribution in [0.15, 0.2) is 55.1 Å². The van der Waals surface area contributed by atoms with Crippen molar-refractivity contribution in [2.24, 2.45) is 0 Å². The summed E-state index contributed by atoms with van der Waals surface area (Å²) in [5.74, 6) is 0.958. The van der Waals surface area contributed by atoms with Gasteiger partial charge in [-0.1, -0.05) is 12.1 Å². The highest BCUT2D eigenvalue weighted by Gasteiger charge is 2.28. The Morgan fingerprint density at radius 2 is 2.00 bits per heavy atom. The van der Waals surface area contributed by atoms with Crippen molar-refractivity contribution in [1.29, 1.82) is 0 Å². The van der Waals surface area contributed by atoms with E-state index < -0.39 is 0 Å². The lowest BCUT2D eigenvalue weighted by molar-refractivity contribution is 0.624. The summed E-state index contributed by atoms with van der Waals surface area (Å²) in [5, 5.41) is 4.31. The Hall–Kier alpha value is -3.55. The summed E-state index contributed by atoms with van der Waals surface area (Å²) in [6.45, 7) is 0.876. The summed E-state index contributed by atoms with van der Waals surface area (Å²) in [6, 6.07) is 10.6. The summed E-state index contributed by atoms with van der Waals surface area (Å²) in [4.78, 5) is 15.5. The summed E-state index contributed by atoms with van der Waals surface area (Å²) in [5.41, 5.74) is 9.25. The Kier molecular flexibility index (Phi) is 3.89. The zero-order valence-electron chi connectivity index (χ0n) is 15.0. The minimum absolute atomic E-state index is 0. The van der Waals surface area contributed by atoms with Crippen LogP contribution in [0.1, 0.15) is 27.3 Å². The maximum atomic E-state index is 13.3. The fourth-order valence-corrected chi connectivity index (χ4v) is 3.86. The zero-order valence-corrected chi connectivity index (χ0v) is 15.0. The van der Waals surface area contributed by atoms with Gasteiger partial charge in [0.2, 0.25) is 0 Å². The van der Waals surface area contributed by atoms with E-state index >= 15 is 0 Å². The highest BCUT2D eigenvalue weighted by atomic mass is 19.1. The van der Waals surface area contributed by atoms with Crippen LogP contribution in [-0.4, -0.2) is 31.1 Å². The number of nitrogens with zero attached hydrogens (tertiary/aromatic N) is 6. The number of hydrogen-bond donors (Lipinski definition) is 1. The van der Waals surface area contributed by atoms with Crippen LogP contribution in [0, 0.1) is 5.82 Å². The van der Waals surface area contributed by atoms with E-state index in [0.29, 0.717) is 22.7 Å². The molecule has 4 aromatic rings. The van der Waals surface area contributed by atoms with Crippen LogP contribution in [0.5, 0.6) is 0 Å². The van der Waals surface area contributed by atoms with E-state index in [-0.39, 0.29) is 14.7 Å². The standard InChI is InChI=1S/C20H18FN7.2H2/c21-14-6-4-13(5-7-14)16-3-1-9-27(16)17-11-15(24-12-25-17)18-19(22)26-28-10-2-8-23-20(18)28;;/h2,4-8,10-12,16H,1,3,9H2,(H2,22,26);2*1H. The normalized spacial score (nSPS) is 16.8. The maximum Gasteiger partial charge on any atom is 0.166 e. The fourth-order valence-electron chi connectivity index (χ4n) is 3.86. The van der Waals surface area contributed by atoms with Gasteiger partial charge in [0.15, 0.2) is 11.5 Å². The van der Waals surface area contributed by atoms with E-state index in [0.717, 1.165) is 30.8 Å². The number of nitrogen functional groups attached to an aromatic ring is 1. The number of anilines is 2. The van der Waals surface area contributed by atoms with Gasteiger partial charge in [0, 0.05) is 27.9 Å². The first-order chi connectivity index (χ1) is 13.7. The summed E-state index contributed by atoms with van der Waals surface area (Å²) in [7, 11) is 0. The zero-order chi connectivity index (χ0) is 19.1. The van der Waals surface area contributed by atoms with Crippen LogP contribution in [0.25, 0.3) is 16.9 Å². The van der Waals surface area contributed by atoms with Crippen LogP contribution in [0.2, 0.25) is 0 Å². The highest BCUT2D eigenvalue weighted by molar-refractivity contribution is 5.85. The van der Waals surface area contributed by atoms with Gasteiger partial charge in [-0.3, -0.25) is 0 Å². The van der Waals surface area contributed by atoms with Gasteiger partial charge in [-0.15, -0.1) is 5.10 Å². The molecule has 144 valence electrons. The van der Waals surface area contributed by atoms with Crippen molar-refractivity contribution in [1.82, 2.24) is 24.6 Å². The van der Waals surface area contributed by atoms with E-state index in [2.05, 4.69) is 25.0 Å². The summed E-state index contributed by atoms with van der Waals surface area (Å²) in [6.07, 6.45) is 7.08. The lowest BCUT2D eigenvalue weighted by Crippen LogP contribution is -2.23. The molecule has 4 heterocycles. The monoisotopic (exact) mass is 379 g/mol. The van der Waals surface area contributed by atoms with Gasteiger partial charge in [0.05, 0.1) is 17.3 Å². The van der Waals surface area contributed by atoms with E-state index in [1.807, 2.05) is 18.2 Å². The van der Waals surface area contributed by atoms with Crippen LogP contribution >= 0.6 is 0 Å². The average Bonchev–Trinajstić information content (AvgIpc) is 3.32. The number of hydrogen-bond acceptors (Lipinski definition) is 6. The van der Waals surface area contributed by atoms with E-state index in [1.54, 1.807) is 23.0 Å². The van der Waals surface area contributed by atoms with Crippen molar-refractivity contribution in [3.63, 3.8) is 0 Å². The van der Waals surface area contributed by atoms with Crippen molar-refractivity contribution < 1.29 is 7.24 Å². The molecule has 2 N–H and O–H groups in total. The first-order valence-corrected chi connectivity index (χ1v) is 9.14. The number of nitrogens with two attached hydrogens (primary N) is 1. The van der Waals surface area contributed by atoms with Gasteiger partial charge < -0.3 is 10.6 Å². The average molecular weight is 379 g/mol. The third-order valence-corrected chi connectivity index (χ3v) is 5.13. The van der Waals surface area contributed by atoms with Crippen molar-refractivity contribution >= 4 is 17.3 Å². The first kappa shape index (κ1) is 16.6. The predicted octanol–water partition coefficient (Wildman–Crippen LogP) is 3.74. The van der Waals surface area contributed by atoms with Crippen LogP contribution < -0.4 is 10.6 Å². The third kappa shape index (κ3) is 2.74. The quantitative estimate of drug-likeness (QED) is 0.584. The molecule has 1 unspecified atom stereocenters. The smallest absolute Gasteiger partial charge is 0.166 e. The Morgan fingerprint density at radius 3 is 2.86 bits per heavy atom. The third-order valence-electron chi connectivity index (χ3n) is 5.13. The number of rotatable bonds is 3. The van der Waals surface area contributed by atoms with Gasteiger partial charge in [-0.25, -0.2) is 23.9 Å². The molecule has 1 aromatic carbocycles. The summed E-state index contributed by atoms with van der Waals surface area (Å²) >= 11 is 0. The maximum absolute atomic E-state index is 13.3. The molecule has 0 saturated carbocycles. The van der Waals surface area contributed by atoms with E-state index in [4.69, 9.17) is 5.73 Å². The number of aromatic nitrogens is 5. The van der Waals surface area contributed by atoms with Crippen LogP contribution in [-0.2, 0) is 0 Å². The summed E-state index contributed by atoms with van der Waals surface area (Å²) < 4.78 is 15.0. The van der Waals surface area contributed by atoms with Crippen molar-refractivity contribution in [2.75, 3.05) is 17.2 Å². The molecule has 5 rings (SSSR count). The number of fused-ring (bicyclic) bond motifs is 1. The highest BCUT2D eigenvalue weighted by Crippen LogP contribution is 2.37. The molecule has 1 aliphatic heterocycles. The van der Waals surface area contributed by atoms with Gasteiger partial charge in [-0.05, 0) is 36.6 Å². The molecular weight excluding hydrogens is 357 g/mol. The second-order valence-electron chi connectivity index (χ2n) is 6.81. The molecule has 0 amide bonds. The number of halogens is 1. The molecule has 0 spiro atoms. The molecule has 0 radical (unpaired) electrons. The lowest BCUT2D eigenvalue weighted by Gasteiger charge is -2.26. The van der Waals surface area contributed by atoms with Crippen molar-refractivity contribution in [3.8, 4) is 11.3 Å². The molecule has 8 heteroatoms. The minimum atomic E-state index is -0.228. The molecule has 3 aromatic heterocycles. The minimum Gasteiger partial charge on any atom is -0.382 e. The fraction of sp³-hybridized carbons (Fsp3) is 0.200. The van der Waals surface area contributed by atoms with E-state index in [1.165, 1.54) is 18.5 Å². The van der Waals surface area contributed by atoms with E-state index in [9.17, 15) is 4.39 Å². The van der Waals surface area contributed by atoms with Gasteiger partial charge >= 0.3 is 0 Å². The Bertz CT molecular complexity index is 1150. The molecule has 1 aliphatic rings. The topological polar surface area (TPSA) is 85.2 Å². The first-order valence-electron chi connectivity index (χ1n) is 9.14. The predicted molar refractivity (Wildman–Crippen MR) is 108 cm³/mol. The molecule has 1 saturated heterocycles. The second kappa shape index (κ2) is 6.56. The van der Waals surface area contributed by atoms with Gasteiger partial charge in [0.25, 0.3) is 0 Å². The Balaban J connectivity index is 0.00000128. The lowest BCUT2D eigenvalue weighted by atomic mass is 10.0. The van der Waals surface area contributed by atoms with Crippen molar-refractivity contribution in [2.45, 2.75) is 18.9 Å². The van der Waals surface area contributed by atoms with Crippen molar-refractivity contribution in [3.05, 3.63) is 66.5 Å². The molecule has 1 atom stereocenters. The molecular formula is C20H22FN7. The number of benzene rings is 1. The second-order valence-corrected chi connectivity index (χ2v) is 6.81. The van der Waals surface area contributed by atoms with Crippen LogP contribution in [0.3, 0.4) is 0 Å². The van der Waals surface area contributed by atoms with Gasteiger partial charge in [-0.2, -0.15) is 0 Å². The molecule has 0 aliphatic carbocycles. The molecule has 28 heavy (non-hydrogen) atoms.